The molecule has 0 aromatic heterocycles. The standard InChI is InChI=1S/C26H29F3O3S/c1-5-17-11-15(3)12-18(6-2)23(17)24-21(30)13-22(32-25(24)31)16(4)14-33-20-9-7-19(8-10-20)26(27,28)29/h7-12,16,22,30H,5-6,13-14H2,1-4H3. The Bertz CT molecular complexity index is 1020. The maximum absolute atomic E-state index is 13.0. The molecule has 2 atom stereocenters. The van der Waals surface area contributed by atoms with Crippen molar-refractivity contribution in [1.29, 1.82) is 0 Å². The number of alkyl halides is 3. The summed E-state index contributed by atoms with van der Waals surface area (Å²) in [6, 6.07) is 9.09. The van der Waals surface area contributed by atoms with Crippen LogP contribution in [0.3, 0.4) is 0 Å². The maximum Gasteiger partial charge on any atom is 0.416 e. The van der Waals surface area contributed by atoms with Gasteiger partial charge in [-0.3, -0.25) is 0 Å². The number of rotatable bonds is 7. The van der Waals surface area contributed by atoms with Gasteiger partial charge in [-0.05, 0) is 60.7 Å². The van der Waals surface area contributed by atoms with E-state index in [2.05, 4.69) is 0 Å². The number of carbonyl (C=O) groups is 1. The fourth-order valence-corrected chi connectivity index (χ4v) is 5.11. The summed E-state index contributed by atoms with van der Waals surface area (Å²) in [6.45, 7) is 7.97. The second kappa shape index (κ2) is 10.2. The normalized spacial score (nSPS) is 17.8. The first-order chi connectivity index (χ1) is 15.5. The van der Waals surface area contributed by atoms with Crippen LogP contribution in [0.1, 0.15) is 55.0 Å². The number of thioether (sulfide) groups is 1. The van der Waals surface area contributed by atoms with Crippen LogP contribution >= 0.6 is 11.8 Å². The van der Waals surface area contributed by atoms with Crippen LogP contribution in [-0.2, 0) is 28.5 Å². The monoisotopic (exact) mass is 478 g/mol. The summed E-state index contributed by atoms with van der Waals surface area (Å²) in [5.41, 5.74) is 3.48. The molecule has 0 aliphatic carbocycles. The molecule has 1 aliphatic rings. The highest BCUT2D eigenvalue weighted by Gasteiger charge is 2.35. The lowest BCUT2D eigenvalue weighted by atomic mass is 9.86. The maximum atomic E-state index is 13.0. The molecule has 2 unspecified atom stereocenters. The van der Waals surface area contributed by atoms with Crippen LogP contribution in [0.5, 0.6) is 0 Å². The Hall–Kier alpha value is -2.41. The Balaban J connectivity index is 1.75. The number of aryl methyl sites for hydroxylation is 3. The van der Waals surface area contributed by atoms with Gasteiger partial charge in [0.2, 0.25) is 0 Å². The second-order valence-electron chi connectivity index (χ2n) is 8.45. The molecule has 33 heavy (non-hydrogen) atoms. The van der Waals surface area contributed by atoms with Gasteiger partial charge in [0.25, 0.3) is 0 Å². The van der Waals surface area contributed by atoms with E-state index in [1.165, 1.54) is 23.9 Å². The molecule has 0 amide bonds. The van der Waals surface area contributed by atoms with Gasteiger partial charge in [0.15, 0.2) is 0 Å². The summed E-state index contributed by atoms with van der Waals surface area (Å²) in [4.78, 5) is 13.7. The lowest BCUT2D eigenvalue weighted by Gasteiger charge is -2.30. The Labute approximate surface area is 197 Å². The zero-order valence-corrected chi connectivity index (χ0v) is 20.1. The number of benzene rings is 2. The lowest BCUT2D eigenvalue weighted by molar-refractivity contribution is -0.145. The van der Waals surface area contributed by atoms with E-state index < -0.39 is 23.8 Å². The van der Waals surface area contributed by atoms with Gasteiger partial charge in [0.05, 0.1) is 5.56 Å². The molecule has 3 nitrogen and oxygen atoms in total. The number of hydrogen-bond acceptors (Lipinski definition) is 4. The Morgan fingerprint density at radius 1 is 1.12 bits per heavy atom. The Morgan fingerprint density at radius 2 is 1.70 bits per heavy atom. The van der Waals surface area contributed by atoms with E-state index >= 15 is 0 Å². The smallest absolute Gasteiger partial charge is 0.416 e. The molecule has 0 bridgehead atoms. The molecular weight excluding hydrogens is 449 g/mol. The van der Waals surface area contributed by atoms with Gasteiger partial charge in [-0.1, -0.05) is 38.5 Å². The van der Waals surface area contributed by atoms with Crippen LogP contribution in [0.2, 0.25) is 0 Å². The lowest BCUT2D eigenvalue weighted by Crippen LogP contribution is -2.32. The van der Waals surface area contributed by atoms with Crippen molar-refractivity contribution in [3.05, 3.63) is 70.0 Å². The molecule has 0 saturated carbocycles. The summed E-state index contributed by atoms with van der Waals surface area (Å²) in [7, 11) is 0. The molecule has 1 aliphatic heterocycles. The molecule has 0 spiro atoms. The van der Waals surface area contributed by atoms with Crippen LogP contribution in [0.4, 0.5) is 13.2 Å². The Morgan fingerprint density at radius 3 is 2.18 bits per heavy atom. The number of esters is 1. The molecule has 2 aromatic rings. The third-order valence-electron chi connectivity index (χ3n) is 5.93. The van der Waals surface area contributed by atoms with Crippen LogP contribution in [-0.4, -0.2) is 22.9 Å². The fraction of sp³-hybridized carbons (Fsp3) is 0.423. The van der Waals surface area contributed by atoms with E-state index in [1.807, 2.05) is 39.8 Å². The highest BCUT2D eigenvalue weighted by Crippen LogP contribution is 2.37. The van der Waals surface area contributed by atoms with Crippen molar-refractivity contribution in [2.24, 2.45) is 5.92 Å². The third kappa shape index (κ3) is 5.75. The molecule has 1 heterocycles. The minimum Gasteiger partial charge on any atom is -0.511 e. The Kier molecular flexibility index (Phi) is 7.83. The van der Waals surface area contributed by atoms with Gasteiger partial charge in [-0.25, -0.2) is 4.79 Å². The van der Waals surface area contributed by atoms with Crippen molar-refractivity contribution in [1.82, 2.24) is 0 Å². The first-order valence-electron chi connectivity index (χ1n) is 11.1. The summed E-state index contributed by atoms with van der Waals surface area (Å²) in [5, 5.41) is 10.9. The predicted molar refractivity (Wildman–Crippen MR) is 125 cm³/mol. The number of carbonyl (C=O) groups excluding carboxylic acids is 1. The van der Waals surface area contributed by atoms with Gasteiger partial charge in [-0.2, -0.15) is 13.2 Å². The van der Waals surface area contributed by atoms with Crippen molar-refractivity contribution in [2.45, 2.75) is 64.1 Å². The van der Waals surface area contributed by atoms with E-state index in [-0.39, 0.29) is 23.7 Å². The minimum absolute atomic E-state index is 0.0379. The summed E-state index contributed by atoms with van der Waals surface area (Å²) in [6.07, 6.45) is -3.17. The van der Waals surface area contributed by atoms with Crippen molar-refractivity contribution in [3.63, 3.8) is 0 Å². The van der Waals surface area contributed by atoms with Crippen LogP contribution in [0.15, 0.2) is 47.1 Å². The molecule has 2 aromatic carbocycles. The van der Waals surface area contributed by atoms with E-state index in [9.17, 15) is 23.1 Å². The van der Waals surface area contributed by atoms with Crippen molar-refractivity contribution < 1.29 is 27.8 Å². The van der Waals surface area contributed by atoms with Crippen molar-refractivity contribution in [3.8, 4) is 0 Å². The van der Waals surface area contributed by atoms with Crippen molar-refractivity contribution in [2.75, 3.05) is 5.75 Å². The second-order valence-corrected chi connectivity index (χ2v) is 9.54. The molecule has 0 radical (unpaired) electrons. The first-order valence-corrected chi connectivity index (χ1v) is 12.1. The quantitative estimate of drug-likeness (QED) is 0.339. The zero-order valence-electron chi connectivity index (χ0n) is 19.3. The number of hydrogen-bond donors (Lipinski definition) is 1. The summed E-state index contributed by atoms with van der Waals surface area (Å²) >= 11 is 1.40. The number of halogens is 3. The van der Waals surface area contributed by atoms with Crippen LogP contribution < -0.4 is 0 Å². The van der Waals surface area contributed by atoms with Gasteiger partial charge in [0, 0.05) is 23.0 Å². The summed E-state index contributed by atoms with van der Waals surface area (Å²) < 4.78 is 44.0. The molecule has 0 saturated heterocycles. The average molecular weight is 479 g/mol. The number of ether oxygens (including phenoxy) is 1. The van der Waals surface area contributed by atoms with E-state index in [1.54, 1.807) is 0 Å². The first kappa shape index (κ1) is 25.2. The number of cyclic esters (lactones) is 1. The van der Waals surface area contributed by atoms with E-state index in [0.717, 1.165) is 47.2 Å². The fourth-order valence-electron chi connectivity index (χ4n) is 4.11. The molecule has 1 N–H and O–H groups in total. The van der Waals surface area contributed by atoms with Gasteiger partial charge < -0.3 is 9.84 Å². The van der Waals surface area contributed by atoms with E-state index in [0.29, 0.717) is 10.6 Å². The van der Waals surface area contributed by atoms with Gasteiger partial charge in [-0.15, -0.1) is 11.8 Å². The zero-order chi connectivity index (χ0) is 24.3. The van der Waals surface area contributed by atoms with Gasteiger partial charge >= 0.3 is 12.1 Å². The largest absolute Gasteiger partial charge is 0.511 e. The summed E-state index contributed by atoms with van der Waals surface area (Å²) in [5.74, 6) is -0.0461. The average Bonchev–Trinajstić information content (AvgIpc) is 2.76. The number of aliphatic hydroxyl groups excluding tert-OH is 1. The third-order valence-corrected chi connectivity index (χ3v) is 7.23. The molecular formula is C26H29F3O3S. The van der Waals surface area contributed by atoms with Crippen LogP contribution in [0, 0.1) is 12.8 Å². The highest BCUT2D eigenvalue weighted by molar-refractivity contribution is 7.99. The topological polar surface area (TPSA) is 46.5 Å². The molecule has 7 heteroatoms. The van der Waals surface area contributed by atoms with Gasteiger partial charge in [0.1, 0.15) is 17.4 Å². The highest BCUT2D eigenvalue weighted by atomic mass is 32.2. The molecule has 0 fully saturated rings. The number of aliphatic hydroxyl groups is 1. The minimum atomic E-state index is -4.36. The SMILES string of the molecule is CCc1cc(C)cc(CC)c1C1=C(O)CC(C(C)CSc2ccc(C(F)(F)F)cc2)OC1=O. The predicted octanol–water partition coefficient (Wildman–Crippen LogP) is 7.15. The molecule has 178 valence electrons. The van der Waals surface area contributed by atoms with Crippen molar-refractivity contribution >= 4 is 23.3 Å². The van der Waals surface area contributed by atoms with E-state index in [4.69, 9.17) is 4.74 Å². The molecule has 3 rings (SSSR count). The van der Waals surface area contributed by atoms with Crippen LogP contribution in [0.25, 0.3) is 5.57 Å².